The third-order valence-electron chi connectivity index (χ3n) is 4.89. The lowest BCUT2D eigenvalue weighted by molar-refractivity contribution is -0.127. The van der Waals surface area contributed by atoms with Gasteiger partial charge in [0.2, 0.25) is 6.10 Å². The fourth-order valence-electron chi connectivity index (χ4n) is 3.60. The number of nitrogens with zero attached hydrogens (tertiary/aromatic N) is 2. The first-order chi connectivity index (χ1) is 14.3. The fourth-order valence-corrected chi connectivity index (χ4v) is 3.60. The molecular weight excluding hydrogens is 384 g/mol. The van der Waals surface area contributed by atoms with Crippen LogP contribution >= 0.6 is 0 Å². The smallest absolute Gasteiger partial charge is 0.414 e. The monoisotopic (exact) mass is 410 g/mol. The number of carbonyl (C=O) groups is 2. The standard InChI is InChI=1S/C23H26N2O5/c1-23(2,3)30-22(27)25-14-8-13-24(16-9-4-5-10-17(16)25)21(26)20-15-28-18-11-6-7-12-19(18)29-20/h4-7,9-12,20H,8,13-15H2,1-3H3/t20-/m1/s1. The Morgan fingerprint density at radius 2 is 1.53 bits per heavy atom. The lowest BCUT2D eigenvalue weighted by Gasteiger charge is -2.31. The van der Waals surface area contributed by atoms with Gasteiger partial charge in [0, 0.05) is 13.1 Å². The Balaban J connectivity index is 1.60. The van der Waals surface area contributed by atoms with E-state index in [2.05, 4.69) is 0 Å². The number of hydrogen-bond acceptors (Lipinski definition) is 5. The molecule has 2 aliphatic heterocycles. The van der Waals surface area contributed by atoms with E-state index in [1.807, 2.05) is 63.2 Å². The van der Waals surface area contributed by atoms with Gasteiger partial charge in [-0.2, -0.15) is 0 Å². The number of para-hydroxylation sites is 4. The molecule has 1 atom stereocenters. The van der Waals surface area contributed by atoms with E-state index in [0.717, 1.165) is 0 Å². The molecule has 0 bridgehead atoms. The molecule has 0 spiro atoms. The van der Waals surface area contributed by atoms with Gasteiger partial charge in [-0.1, -0.05) is 24.3 Å². The normalized spacial score (nSPS) is 18.3. The van der Waals surface area contributed by atoms with Crippen molar-refractivity contribution in [1.82, 2.24) is 0 Å². The van der Waals surface area contributed by atoms with Crippen LogP contribution in [0, 0.1) is 0 Å². The molecule has 0 aromatic heterocycles. The van der Waals surface area contributed by atoms with Crippen molar-refractivity contribution in [3.8, 4) is 11.5 Å². The SMILES string of the molecule is CC(C)(C)OC(=O)N1CCCN(C(=O)[C@H]2COc3ccccc3O2)c2ccccc21. The maximum absolute atomic E-state index is 13.4. The summed E-state index contributed by atoms with van der Waals surface area (Å²) in [5, 5.41) is 0. The first-order valence-electron chi connectivity index (χ1n) is 10.1. The van der Waals surface area contributed by atoms with Gasteiger partial charge in [-0.3, -0.25) is 9.69 Å². The van der Waals surface area contributed by atoms with Gasteiger partial charge >= 0.3 is 6.09 Å². The number of anilines is 2. The summed E-state index contributed by atoms with van der Waals surface area (Å²) in [5.74, 6) is 0.998. The van der Waals surface area contributed by atoms with Crippen LogP contribution in [0.3, 0.4) is 0 Å². The zero-order valence-electron chi connectivity index (χ0n) is 17.5. The van der Waals surface area contributed by atoms with Crippen LogP contribution in [0.2, 0.25) is 0 Å². The topological polar surface area (TPSA) is 68.3 Å². The van der Waals surface area contributed by atoms with Crippen molar-refractivity contribution in [2.45, 2.75) is 38.9 Å². The number of ether oxygens (including phenoxy) is 3. The second kappa shape index (κ2) is 7.89. The van der Waals surface area contributed by atoms with Crippen LogP contribution in [-0.4, -0.2) is 43.4 Å². The Kier molecular flexibility index (Phi) is 5.28. The molecule has 2 amide bonds. The van der Waals surface area contributed by atoms with Crippen LogP contribution in [0.1, 0.15) is 27.2 Å². The summed E-state index contributed by atoms with van der Waals surface area (Å²) in [6.45, 7) is 6.58. The van der Waals surface area contributed by atoms with Gasteiger partial charge in [-0.15, -0.1) is 0 Å². The zero-order chi connectivity index (χ0) is 21.3. The maximum atomic E-state index is 13.4. The van der Waals surface area contributed by atoms with E-state index in [-0.39, 0.29) is 12.5 Å². The highest BCUT2D eigenvalue weighted by Crippen LogP contribution is 2.36. The van der Waals surface area contributed by atoms with Gasteiger partial charge in [-0.05, 0) is 51.5 Å². The molecule has 0 unspecified atom stereocenters. The molecule has 0 aliphatic carbocycles. The molecule has 7 heteroatoms. The first kappa shape index (κ1) is 20.1. The van der Waals surface area contributed by atoms with E-state index >= 15 is 0 Å². The third kappa shape index (κ3) is 4.06. The maximum Gasteiger partial charge on any atom is 0.414 e. The Bertz CT molecular complexity index is 953. The third-order valence-corrected chi connectivity index (χ3v) is 4.89. The molecular formula is C23H26N2O5. The summed E-state index contributed by atoms with van der Waals surface area (Å²) >= 11 is 0. The highest BCUT2D eigenvalue weighted by atomic mass is 16.6. The number of carbonyl (C=O) groups excluding carboxylic acids is 2. The summed E-state index contributed by atoms with van der Waals surface area (Å²) in [6.07, 6.45) is -0.555. The van der Waals surface area contributed by atoms with Gasteiger partial charge in [-0.25, -0.2) is 4.79 Å². The minimum absolute atomic E-state index is 0.143. The minimum atomic E-state index is -0.749. The van der Waals surface area contributed by atoms with E-state index < -0.39 is 17.8 Å². The molecule has 0 saturated carbocycles. The predicted octanol–water partition coefficient (Wildman–Crippen LogP) is 4.00. The van der Waals surface area contributed by atoms with Crippen molar-refractivity contribution in [1.29, 1.82) is 0 Å². The fraction of sp³-hybridized carbons (Fsp3) is 0.391. The highest BCUT2D eigenvalue weighted by molar-refractivity contribution is 6.03. The molecule has 0 fully saturated rings. The van der Waals surface area contributed by atoms with Crippen molar-refractivity contribution in [3.63, 3.8) is 0 Å². The van der Waals surface area contributed by atoms with Crippen LogP contribution < -0.4 is 19.3 Å². The van der Waals surface area contributed by atoms with Gasteiger partial charge in [0.25, 0.3) is 5.91 Å². The second-order valence-corrected chi connectivity index (χ2v) is 8.33. The van der Waals surface area contributed by atoms with Gasteiger partial charge in [0.1, 0.15) is 12.2 Å². The van der Waals surface area contributed by atoms with E-state index in [1.54, 1.807) is 15.9 Å². The predicted molar refractivity (Wildman–Crippen MR) is 113 cm³/mol. The number of rotatable bonds is 1. The first-order valence-corrected chi connectivity index (χ1v) is 10.1. The molecule has 0 saturated heterocycles. The molecule has 2 aromatic carbocycles. The van der Waals surface area contributed by atoms with Crippen molar-refractivity contribution in [2.75, 3.05) is 29.5 Å². The van der Waals surface area contributed by atoms with Crippen molar-refractivity contribution < 1.29 is 23.8 Å². The van der Waals surface area contributed by atoms with Crippen LogP contribution in [-0.2, 0) is 9.53 Å². The Labute approximate surface area is 176 Å². The summed E-state index contributed by atoms with van der Waals surface area (Å²) in [5.41, 5.74) is 0.706. The van der Waals surface area contributed by atoms with Gasteiger partial charge in [0.15, 0.2) is 11.5 Å². The van der Waals surface area contributed by atoms with Crippen molar-refractivity contribution >= 4 is 23.4 Å². The number of benzene rings is 2. The van der Waals surface area contributed by atoms with Crippen LogP contribution in [0.15, 0.2) is 48.5 Å². The molecule has 0 radical (unpaired) electrons. The average Bonchev–Trinajstić information content (AvgIpc) is 2.91. The summed E-state index contributed by atoms with van der Waals surface area (Å²) in [6, 6.07) is 14.7. The van der Waals surface area contributed by atoms with Crippen molar-refractivity contribution in [2.24, 2.45) is 0 Å². The molecule has 2 aromatic rings. The second-order valence-electron chi connectivity index (χ2n) is 8.33. The highest BCUT2D eigenvalue weighted by Gasteiger charge is 2.35. The molecule has 0 N–H and O–H groups in total. The lowest BCUT2D eigenvalue weighted by atomic mass is 10.2. The number of amides is 2. The summed E-state index contributed by atoms with van der Waals surface area (Å²) in [4.78, 5) is 29.5. The van der Waals surface area contributed by atoms with E-state index in [0.29, 0.717) is 42.4 Å². The van der Waals surface area contributed by atoms with E-state index in [9.17, 15) is 9.59 Å². The molecule has 158 valence electrons. The van der Waals surface area contributed by atoms with Gasteiger partial charge < -0.3 is 19.1 Å². The van der Waals surface area contributed by atoms with E-state index in [1.165, 1.54) is 0 Å². The Hall–Kier alpha value is -3.22. The Morgan fingerprint density at radius 1 is 0.933 bits per heavy atom. The molecule has 2 aliphatic rings. The van der Waals surface area contributed by atoms with Crippen molar-refractivity contribution in [3.05, 3.63) is 48.5 Å². The van der Waals surface area contributed by atoms with E-state index in [4.69, 9.17) is 14.2 Å². The molecule has 30 heavy (non-hydrogen) atoms. The Morgan fingerprint density at radius 3 is 2.23 bits per heavy atom. The van der Waals surface area contributed by atoms with Gasteiger partial charge in [0.05, 0.1) is 11.4 Å². The lowest BCUT2D eigenvalue weighted by Crippen LogP contribution is -2.46. The molecule has 4 rings (SSSR count). The van der Waals surface area contributed by atoms with Crippen LogP contribution in [0.4, 0.5) is 16.2 Å². The largest absolute Gasteiger partial charge is 0.485 e. The number of hydrogen-bond donors (Lipinski definition) is 0. The van der Waals surface area contributed by atoms with Crippen LogP contribution in [0.5, 0.6) is 11.5 Å². The number of fused-ring (bicyclic) bond motifs is 2. The average molecular weight is 410 g/mol. The van der Waals surface area contributed by atoms with Crippen LogP contribution in [0.25, 0.3) is 0 Å². The minimum Gasteiger partial charge on any atom is -0.485 e. The zero-order valence-corrected chi connectivity index (χ0v) is 17.5. The molecule has 2 heterocycles. The quantitative estimate of drug-likeness (QED) is 0.711. The summed E-state index contributed by atoms with van der Waals surface area (Å²) < 4.78 is 17.2. The molecule has 7 nitrogen and oxygen atoms in total. The summed E-state index contributed by atoms with van der Waals surface area (Å²) in [7, 11) is 0.